The van der Waals surface area contributed by atoms with Gasteiger partial charge in [-0.1, -0.05) is 139 Å². The van der Waals surface area contributed by atoms with Gasteiger partial charge in [0.15, 0.2) is 0 Å². The summed E-state index contributed by atoms with van der Waals surface area (Å²) < 4.78 is 22.7. The topological polar surface area (TPSA) is 108 Å². The van der Waals surface area contributed by atoms with Crippen molar-refractivity contribution in [2.45, 2.75) is 137 Å². The molecule has 2 unspecified atom stereocenters. The number of aliphatic hydroxyl groups excluding tert-OH is 1. The smallest absolute Gasteiger partial charge is 0.323 e. The summed E-state index contributed by atoms with van der Waals surface area (Å²) in [5.41, 5.74) is 8.02. The van der Waals surface area contributed by atoms with Crippen LogP contribution in [0.15, 0.2) is 72.8 Å². The summed E-state index contributed by atoms with van der Waals surface area (Å²) in [5.74, 6) is 1.67. The van der Waals surface area contributed by atoms with Gasteiger partial charge in [-0.15, -0.1) is 0 Å². The molecule has 1 N–H and O–H groups in total. The van der Waals surface area contributed by atoms with E-state index in [-0.39, 0.29) is 52.1 Å². The van der Waals surface area contributed by atoms with Crippen molar-refractivity contribution >= 4 is 28.8 Å². The Morgan fingerprint density at radius 3 is 1.22 bits per heavy atom. The highest BCUT2D eigenvalue weighted by Gasteiger charge is 2.41. The summed E-state index contributed by atoms with van der Waals surface area (Å²) in [6.45, 7) is 30.3. The number of fused-ring (bicyclic) bond motifs is 2. The predicted octanol–water partition coefficient (Wildman–Crippen LogP) is 11.6. The molecule has 0 aromatic heterocycles. The van der Waals surface area contributed by atoms with E-state index in [0.29, 0.717) is 18.1 Å². The highest BCUT2D eigenvalue weighted by molar-refractivity contribution is 6.62. The fourth-order valence-corrected chi connectivity index (χ4v) is 7.04. The number of halogens is 1. The molecule has 2 atom stereocenters. The van der Waals surface area contributed by atoms with Crippen LogP contribution < -0.4 is 18.9 Å². The summed E-state index contributed by atoms with van der Waals surface area (Å²) in [6, 6.07) is 23.9. The Hall–Kier alpha value is -4.66. The van der Waals surface area contributed by atoms with Crippen LogP contribution in [0.2, 0.25) is 0 Å². The number of benzene rings is 4. The molecule has 8 nitrogen and oxygen atoms in total. The molecular formula is C51H65ClO8. The first kappa shape index (κ1) is 48.0. The fraction of sp³-hybridized carbons (Fsp3) is 0.471. The number of hydrogen-bond acceptors (Lipinski definition) is 8. The monoisotopic (exact) mass is 840 g/mol. The zero-order valence-corrected chi connectivity index (χ0v) is 38.9. The van der Waals surface area contributed by atoms with Crippen molar-refractivity contribution in [1.29, 1.82) is 0 Å². The minimum absolute atomic E-state index is 0.0108. The normalized spacial score (nSPS) is 16.0. The fourth-order valence-electron chi connectivity index (χ4n) is 7.04. The quantitative estimate of drug-likeness (QED) is 0.106. The molecule has 4 aromatic carbocycles. The van der Waals surface area contributed by atoms with Gasteiger partial charge in [0.1, 0.15) is 41.4 Å². The van der Waals surface area contributed by atoms with Gasteiger partial charge in [-0.3, -0.25) is 14.4 Å². The molecule has 0 amide bonds. The van der Waals surface area contributed by atoms with E-state index >= 15 is 0 Å². The van der Waals surface area contributed by atoms with Gasteiger partial charge in [0, 0.05) is 29.2 Å². The third-order valence-corrected chi connectivity index (χ3v) is 10.3. The van der Waals surface area contributed by atoms with Crippen LogP contribution >= 0.6 is 11.6 Å². The molecule has 2 aliphatic rings. The Labute approximate surface area is 362 Å². The number of aliphatic hydroxyl groups is 1. The average molecular weight is 842 g/mol. The molecule has 6 rings (SSSR count). The minimum atomic E-state index is -0.440. The van der Waals surface area contributed by atoms with Crippen molar-refractivity contribution in [3.05, 3.63) is 117 Å². The number of carbonyl (C=O) groups is 3. The van der Waals surface area contributed by atoms with E-state index in [1.165, 1.54) is 18.1 Å². The Kier molecular flexibility index (Phi) is 15.2. The lowest BCUT2D eigenvalue weighted by Gasteiger charge is -2.27. The summed E-state index contributed by atoms with van der Waals surface area (Å²) in [6.07, 6.45) is 0.967. The zero-order valence-electron chi connectivity index (χ0n) is 38.1. The van der Waals surface area contributed by atoms with Gasteiger partial charge >= 0.3 is 11.9 Å². The maximum Gasteiger partial charge on any atom is 0.323 e. The molecule has 60 heavy (non-hydrogen) atoms. The summed E-state index contributed by atoms with van der Waals surface area (Å²) in [7, 11) is 0. The van der Waals surface area contributed by atoms with E-state index < -0.39 is 11.8 Å². The maximum absolute atomic E-state index is 12.9. The van der Waals surface area contributed by atoms with Crippen LogP contribution in [-0.2, 0) is 36.0 Å². The van der Waals surface area contributed by atoms with Crippen molar-refractivity contribution in [3.8, 4) is 23.0 Å². The predicted molar refractivity (Wildman–Crippen MR) is 240 cm³/mol. The van der Waals surface area contributed by atoms with Crippen molar-refractivity contribution < 1.29 is 38.4 Å². The van der Waals surface area contributed by atoms with Crippen molar-refractivity contribution in [1.82, 2.24) is 0 Å². The van der Waals surface area contributed by atoms with E-state index in [1.54, 1.807) is 0 Å². The Bertz CT molecular complexity index is 1990. The molecule has 0 aliphatic carbocycles. The molecule has 0 bridgehead atoms. The standard InChI is InChI=1S/C25H32O3.C24H30O4.C2H3ClO/c1-8-13-27-18-11-9-16(10-12-18)21-19-14-17(24(2,3)4)15-20(25(5,6)7)22(19)28-23(21)26;1-23(2,3)16-13-18-20(15-7-9-17(10-8-15)27-12-11-25)22(26)28-21(18)19(14-16)24(4,5)6;1-2(3)4/h9-12,14-15,21H,8,13H2,1-7H3;7-10,13-14,20,25H,11-12H2,1-6H3;1H3. The minimum Gasteiger partial charge on any atom is -0.494 e. The Morgan fingerprint density at radius 1 is 0.600 bits per heavy atom. The Morgan fingerprint density at radius 2 is 0.933 bits per heavy atom. The first-order chi connectivity index (χ1) is 27.8. The van der Waals surface area contributed by atoms with Crippen LogP contribution in [0.4, 0.5) is 0 Å². The maximum atomic E-state index is 12.9. The average Bonchev–Trinajstić information content (AvgIpc) is 3.66. The van der Waals surface area contributed by atoms with Gasteiger partial charge < -0.3 is 24.1 Å². The van der Waals surface area contributed by atoms with E-state index in [1.807, 2.05) is 48.5 Å². The van der Waals surface area contributed by atoms with Gasteiger partial charge in [-0.05, 0) is 86.2 Å². The van der Waals surface area contributed by atoms with Gasteiger partial charge in [0.25, 0.3) is 0 Å². The second-order valence-electron chi connectivity index (χ2n) is 19.6. The number of esters is 2. The lowest BCUT2D eigenvalue weighted by Crippen LogP contribution is -2.17. The summed E-state index contributed by atoms with van der Waals surface area (Å²) in [5, 5.41) is 8.53. The van der Waals surface area contributed by atoms with Gasteiger partial charge in [0.2, 0.25) is 5.24 Å². The van der Waals surface area contributed by atoms with Crippen molar-refractivity contribution in [2.24, 2.45) is 0 Å². The van der Waals surface area contributed by atoms with Gasteiger partial charge in [-0.2, -0.15) is 0 Å². The van der Waals surface area contributed by atoms with Crippen molar-refractivity contribution in [3.63, 3.8) is 0 Å². The highest BCUT2D eigenvalue weighted by Crippen LogP contribution is 2.49. The summed E-state index contributed by atoms with van der Waals surface area (Å²) >= 11 is 4.64. The lowest BCUT2D eigenvalue weighted by atomic mass is 9.77. The molecule has 9 heteroatoms. The molecule has 4 aromatic rings. The molecule has 0 saturated heterocycles. The molecule has 2 aliphatic heterocycles. The van der Waals surface area contributed by atoms with E-state index in [4.69, 9.17) is 24.1 Å². The van der Waals surface area contributed by atoms with E-state index in [0.717, 1.165) is 51.3 Å². The van der Waals surface area contributed by atoms with E-state index in [9.17, 15) is 14.4 Å². The molecular weight excluding hydrogens is 776 g/mol. The van der Waals surface area contributed by atoms with Crippen LogP contribution in [0.25, 0.3) is 0 Å². The van der Waals surface area contributed by atoms with Crippen molar-refractivity contribution in [2.75, 3.05) is 19.8 Å². The second kappa shape index (κ2) is 18.9. The second-order valence-corrected chi connectivity index (χ2v) is 20.2. The molecule has 0 spiro atoms. The van der Waals surface area contributed by atoms with Gasteiger partial charge in [0.05, 0.1) is 13.2 Å². The van der Waals surface area contributed by atoms with Crippen LogP contribution in [0.3, 0.4) is 0 Å². The third-order valence-electron chi connectivity index (χ3n) is 10.3. The molecule has 2 heterocycles. The SMILES string of the molecule is CC(=O)Cl.CC(C)(C)c1cc2c(c(C(C)(C)C)c1)OC(=O)C2c1ccc(OCCO)cc1.CCCOc1ccc(C2C(=O)Oc3c2cc(C(C)(C)C)cc3C(C)(C)C)cc1. The molecule has 324 valence electrons. The van der Waals surface area contributed by atoms with E-state index in [2.05, 4.69) is 126 Å². The highest BCUT2D eigenvalue weighted by atomic mass is 35.5. The number of ether oxygens (including phenoxy) is 4. The van der Waals surface area contributed by atoms with Crippen LogP contribution in [0.1, 0.15) is 160 Å². The third kappa shape index (κ3) is 11.8. The first-order valence-electron chi connectivity index (χ1n) is 20.8. The first-order valence-corrected chi connectivity index (χ1v) is 21.2. The lowest BCUT2D eigenvalue weighted by molar-refractivity contribution is -0.134. The zero-order chi connectivity index (χ0) is 45.0. The number of carbonyl (C=O) groups excluding carboxylic acids is 3. The number of rotatable bonds is 8. The largest absolute Gasteiger partial charge is 0.494 e. The Balaban J connectivity index is 0.000000243. The van der Waals surface area contributed by atoms with Crippen LogP contribution in [-0.4, -0.2) is 42.1 Å². The summed E-state index contributed by atoms with van der Waals surface area (Å²) in [4.78, 5) is 34.9. The van der Waals surface area contributed by atoms with Crippen LogP contribution in [0, 0.1) is 0 Å². The molecule has 0 fully saturated rings. The molecule has 0 radical (unpaired) electrons. The number of hydrogen-bond donors (Lipinski definition) is 1. The van der Waals surface area contributed by atoms with Gasteiger partial charge in [-0.25, -0.2) is 0 Å². The van der Waals surface area contributed by atoms with Crippen LogP contribution in [0.5, 0.6) is 23.0 Å². The molecule has 0 saturated carbocycles.